The van der Waals surface area contributed by atoms with E-state index in [2.05, 4.69) is 43.3 Å². The maximum atomic E-state index is 6.10. The van der Waals surface area contributed by atoms with E-state index in [4.69, 9.17) is 12.6 Å². The van der Waals surface area contributed by atoms with Crippen LogP contribution in [-0.2, 0) is 4.74 Å². The summed E-state index contributed by atoms with van der Waals surface area (Å²) in [6.45, 7) is 6.89. The van der Waals surface area contributed by atoms with Crippen molar-refractivity contribution < 1.29 is 4.74 Å². The summed E-state index contributed by atoms with van der Waals surface area (Å²) < 4.78 is 6.10. The van der Waals surface area contributed by atoms with Crippen LogP contribution in [0.4, 0.5) is 0 Å². The Balaban J connectivity index is 2.12. The minimum absolute atomic E-state index is 0.0493. The highest BCUT2D eigenvalue weighted by Crippen LogP contribution is 2.63. The summed E-state index contributed by atoms with van der Waals surface area (Å²) in [5.74, 6) is 3.47. The zero-order valence-corrected chi connectivity index (χ0v) is 12.1. The molecule has 2 saturated heterocycles. The van der Waals surface area contributed by atoms with E-state index in [1.165, 1.54) is 12.2 Å². The molecule has 2 aliphatic rings. The third-order valence-corrected chi connectivity index (χ3v) is 10.5. The highest BCUT2D eigenvalue weighted by atomic mass is 33.1. The van der Waals surface area contributed by atoms with E-state index >= 15 is 0 Å². The van der Waals surface area contributed by atoms with Crippen molar-refractivity contribution in [2.24, 2.45) is 11.8 Å². The normalized spacial score (nSPS) is 51.9. The first-order valence-corrected chi connectivity index (χ1v) is 10.5. The highest BCUT2D eigenvalue weighted by Gasteiger charge is 2.49. The van der Waals surface area contributed by atoms with Crippen LogP contribution in [0.5, 0.6) is 0 Å². The standard InChI is InChI=1S/C10H18BOPS2/c1-7-8(2)10(12-9(7)11)4-5-14-13(3)15-6-10/h7-9H,4-6H2,1-3H3/t7?,8-,9-,10-,13?/m1/s1. The van der Waals surface area contributed by atoms with Crippen LogP contribution in [0.15, 0.2) is 0 Å². The maximum Gasteiger partial charge on any atom is 0.109 e. The van der Waals surface area contributed by atoms with E-state index in [9.17, 15) is 0 Å². The number of ether oxygens (including phenoxy) is 1. The molecule has 0 saturated carbocycles. The lowest BCUT2D eigenvalue weighted by Gasteiger charge is -2.32. The molecule has 2 rings (SSSR count). The maximum absolute atomic E-state index is 6.10. The Bertz CT molecular complexity index is 243. The molecule has 1 spiro atoms. The summed E-state index contributed by atoms with van der Waals surface area (Å²) in [5, 5.41) is 0. The quantitative estimate of drug-likeness (QED) is 0.488. The van der Waals surface area contributed by atoms with Gasteiger partial charge in [-0.15, -0.1) is 22.8 Å². The molecule has 0 amide bonds. The summed E-state index contributed by atoms with van der Waals surface area (Å²) in [5.41, 5.74) is 0.0730. The molecule has 15 heavy (non-hydrogen) atoms. The second-order valence-electron chi connectivity index (χ2n) is 4.59. The van der Waals surface area contributed by atoms with Gasteiger partial charge in [0.15, 0.2) is 0 Å². The Morgan fingerprint density at radius 2 is 2.13 bits per heavy atom. The lowest BCUT2D eigenvalue weighted by molar-refractivity contribution is -0.0134. The zero-order valence-electron chi connectivity index (χ0n) is 9.60. The summed E-state index contributed by atoms with van der Waals surface area (Å²) >= 11 is 4.20. The summed E-state index contributed by atoms with van der Waals surface area (Å²) in [4.78, 5) is 0. The Labute approximate surface area is 104 Å². The van der Waals surface area contributed by atoms with Gasteiger partial charge < -0.3 is 4.74 Å². The van der Waals surface area contributed by atoms with Crippen LogP contribution in [0.2, 0.25) is 0 Å². The minimum Gasteiger partial charge on any atom is -0.380 e. The van der Waals surface area contributed by atoms with Crippen LogP contribution in [0.1, 0.15) is 20.3 Å². The molecular formula is C10H18BOPS2. The van der Waals surface area contributed by atoms with Gasteiger partial charge in [-0.2, -0.15) is 0 Å². The molecule has 0 aromatic carbocycles. The van der Waals surface area contributed by atoms with Crippen molar-refractivity contribution in [2.75, 3.05) is 18.2 Å². The fourth-order valence-electron chi connectivity index (χ4n) is 2.36. The predicted octanol–water partition coefficient (Wildman–Crippen LogP) is 3.33. The van der Waals surface area contributed by atoms with E-state index in [0.29, 0.717) is 11.8 Å². The molecule has 5 heteroatoms. The third kappa shape index (κ3) is 2.39. The van der Waals surface area contributed by atoms with Crippen LogP contribution in [0.25, 0.3) is 0 Å². The van der Waals surface area contributed by atoms with Gasteiger partial charge in [-0.05, 0) is 24.9 Å². The van der Waals surface area contributed by atoms with Gasteiger partial charge in [0.25, 0.3) is 0 Å². The van der Waals surface area contributed by atoms with Gasteiger partial charge in [-0.3, -0.25) is 0 Å². The number of hydrogen-bond acceptors (Lipinski definition) is 3. The van der Waals surface area contributed by atoms with Crippen molar-refractivity contribution in [3.05, 3.63) is 0 Å². The SMILES string of the molecule is [B][C@@H]1O[C@@]2(CCSP(C)SC2)[C@H](C)C1C. The molecule has 0 aliphatic carbocycles. The molecule has 2 unspecified atom stereocenters. The molecule has 2 fully saturated rings. The fourth-order valence-corrected chi connectivity index (χ4v) is 8.29. The molecule has 5 atom stereocenters. The highest BCUT2D eigenvalue weighted by molar-refractivity contribution is 8.88. The third-order valence-electron chi connectivity index (χ3n) is 3.80. The molecule has 0 aromatic heterocycles. The van der Waals surface area contributed by atoms with Crippen LogP contribution >= 0.6 is 29.1 Å². The van der Waals surface area contributed by atoms with Crippen molar-refractivity contribution >= 4 is 36.9 Å². The summed E-state index contributed by atoms with van der Waals surface area (Å²) in [6.07, 6.45) is 1.28. The Morgan fingerprint density at radius 3 is 2.73 bits per heavy atom. The van der Waals surface area contributed by atoms with Crippen LogP contribution in [-0.4, -0.2) is 37.6 Å². The minimum atomic E-state index is -0.0493. The molecule has 0 aromatic rings. The average Bonchev–Trinajstić information content (AvgIpc) is 2.39. The fraction of sp³-hybridized carbons (Fsp3) is 1.00. The van der Waals surface area contributed by atoms with E-state index < -0.39 is 0 Å². The number of rotatable bonds is 0. The van der Waals surface area contributed by atoms with Crippen molar-refractivity contribution in [2.45, 2.75) is 31.9 Å². The zero-order chi connectivity index (χ0) is 11.1. The van der Waals surface area contributed by atoms with Crippen LogP contribution in [0.3, 0.4) is 0 Å². The van der Waals surface area contributed by atoms with Gasteiger partial charge in [0.05, 0.1) is 5.60 Å². The van der Waals surface area contributed by atoms with Crippen molar-refractivity contribution in [3.63, 3.8) is 0 Å². The molecule has 0 N–H and O–H groups in total. The first-order chi connectivity index (χ1) is 7.05. The van der Waals surface area contributed by atoms with Crippen LogP contribution in [0, 0.1) is 11.8 Å². The second kappa shape index (κ2) is 4.80. The average molecular weight is 260 g/mol. The van der Waals surface area contributed by atoms with Crippen molar-refractivity contribution in [1.29, 1.82) is 0 Å². The van der Waals surface area contributed by atoms with Gasteiger partial charge in [0, 0.05) is 23.8 Å². The lowest BCUT2D eigenvalue weighted by Crippen LogP contribution is -2.38. The molecule has 84 valence electrons. The van der Waals surface area contributed by atoms with Crippen LogP contribution < -0.4 is 0 Å². The topological polar surface area (TPSA) is 9.23 Å². The monoisotopic (exact) mass is 260 g/mol. The largest absolute Gasteiger partial charge is 0.380 e. The summed E-state index contributed by atoms with van der Waals surface area (Å²) in [6, 6.07) is -0.0493. The van der Waals surface area contributed by atoms with Crippen molar-refractivity contribution in [3.8, 4) is 0 Å². The second-order valence-corrected chi connectivity index (χ2v) is 12.2. The Hall–Kier alpha value is 1.15. The molecule has 2 heterocycles. The van der Waals surface area contributed by atoms with Crippen molar-refractivity contribution in [1.82, 2.24) is 0 Å². The first-order valence-electron chi connectivity index (χ1n) is 5.48. The predicted molar refractivity (Wildman–Crippen MR) is 74.1 cm³/mol. The first kappa shape index (κ1) is 12.6. The molecule has 0 bridgehead atoms. The summed E-state index contributed by atoms with van der Waals surface area (Å²) in [7, 11) is 6.03. The molecular weight excluding hydrogens is 242 g/mol. The van der Waals surface area contributed by atoms with E-state index in [-0.39, 0.29) is 17.9 Å². The molecule has 1 nitrogen and oxygen atoms in total. The Kier molecular flexibility index (Phi) is 4.03. The number of hydrogen-bond donors (Lipinski definition) is 0. The Morgan fingerprint density at radius 1 is 1.40 bits per heavy atom. The van der Waals surface area contributed by atoms with Gasteiger partial charge in [0.2, 0.25) is 0 Å². The van der Waals surface area contributed by atoms with Gasteiger partial charge in [-0.1, -0.05) is 13.8 Å². The lowest BCUT2D eigenvalue weighted by atomic mass is 9.77. The van der Waals surface area contributed by atoms with E-state index in [0.717, 1.165) is 5.75 Å². The van der Waals surface area contributed by atoms with E-state index in [1.807, 2.05) is 0 Å². The van der Waals surface area contributed by atoms with Gasteiger partial charge in [0.1, 0.15) is 7.85 Å². The van der Waals surface area contributed by atoms with Gasteiger partial charge >= 0.3 is 0 Å². The van der Waals surface area contributed by atoms with E-state index in [1.54, 1.807) is 0 Å². The molecule has 2 aliphatic heterocycles. The molecule has 2 radical (unpaired) electrons. The van der Waals surface area contributed by atoms with Gasteiger partial charge in [-0.25, -0.2) is 0 Å². The smallest absolute Gasteiger partial charge is 0.109 e.